The average molecular weight is 311 g/mol. The van der Waals surface area contributed by atoms with Crippen LogP contribution in [-0.4, -0.2) is 34.2 Å². The van der Waals surface area contributed by atoms with Crippen molar-refractivity contribution in [1.29, 1.82) is 0 Å². The van der Waals surface area contributed by atoms with Crippen LogP contribution in [0.4, 0.5) is 0 Å². The number of phenolic OH excluding ortho intramolecular Hbond substituents is 2. The Balaban J connectivity index is 1.90. The van der Waals surface area contributed by atoms with Crippen molar-refractivity contribution >= 4 is 0 Å². The van der Waals surface area contributed by atoms with Gasteiger partial charge in [0.2, 0.25) is 0 Å². The minimum atomic E-state index is 0.0415. The lowest BCUT2D eigenvalue weighted by atomic mass is 9.77. The molecule has 0 spiro atoms. The van der Waals surface area contributed by atoms with E-state index in [2.05, 4.69) is 24.1 Å². The highest BCUT2D eigenvalue weighted by atomic mass is 16.3. The van der Waals surface area contributed by atoms with E-state index in [0.717, 1.165) is 25.8 Å². The van der Waals surface area contributed by atoms with Crippen molar-refractivity contribution in [3.63, 3.8) is 0 Å². The van der Waals surface area contributed by atoms with Crippen molar-refractivity contribution in [2.75, 3.05) is 13.6 Å². The number of hydrogen-bond acceptors (Lipinski definition) is 3. The molecule has 0 atom stereocenters. The van der Waals surface area contributed by atoms with E-state index in [0.29, 0.717) is 11.5 Å². The molecule has 0 bridgehead atoms. The Labute approximate surface area is 138 Å². The molecule has 0 aliphatic carbocycles. The predicted octanol–water partition coefficient (Wildman–Crippen LogP) is 3.74. The van der Waals surface area contributed by atoms with Gasteiger partial charge in [0.05, 0.1) is 0 Å². The molecule has 0 amide bonds. The minimum absolute atomic E-state index is 0.0415. The Morgan fingerprint density at radius 1 is 0.913 bits per heavy atom. The molecule has 122 valence electrons. The van der Waals surface area contributed by atoms with Crippen LogP contribution in [0.25, 0.3) is 0 Å². The van der Waals surface area contributed by atoms with Crippen LogP contribution in [0, 0.1) is 0 Å². The van der Waals surface area contributed by atoms with Crippen molar-refractivity contribution in [3.8, 4) is 11.5 Å². The van der Waals surface area contributed by atoms with Crippen LogP contribution in [0.15, 0.2) is 48.5 Å². The summed E-state index contributed by atoms with van der Waals surface area (Å²) in [6.07, 6.45) is 5.41. The molecule has 0 aromatic heterocycles. The number of benzene rings is 2. The number of rotatable bonds is 4. The van der Waals surface area contributed by atoms with Gasteiger partial charge in [0.1, 0.15) is 11.5 Å². The number of nitrogens with zero attached hydrogens (tertiary/aromatic N) is 1. The smallest absolute Gasteiger partial charge is 0.115 e. The van der Waals surface area contributed by atoms with Gasteiger partial charge in [-0.2, -0.15) is 0 Å². The van der Waals surface area contributed by atoms with E-state index in [-0.39, 0.29) is 5.54 Å². The number of hydrogen-bond donors (Lipinski definition) is 2. The second-order valence-electron chi connectivity index (χ2n) is 6.80. The predicted molar refractivity (Wildman–Crippen MR) is 92.8 cm³/mol. The Bertz CT molecular complexity index is 621. The zero-order valence-corrected chi connectivity index (χ0v) is 13.7. The molecule has 0 unspecified atom stereocenters. The third kappa shape index (κ3) is 3.67. The first-order valence-corrected chi connectivity index (χ1v) is 8.34. The van der Waals surface area contributed by atoms with Gasteiger partial charge in [-0.15, -0.1) is 0 Å². The molecule has 1 heterocycles. The zero-order valence-electron chi connectivity index (χ0n) is 13.7. The Kier molecular flexibility index (Phi) is 4.58. The van der Waals surface area contributed by atoms with E-state index in [1.54, 1.807) is 12.1 Å². The summed E-state index contributed by atoms with van der Waals surface area (Å²) in [5, 5.41) is 19.5. The lowest BCUT2D eigenvalue weighted by Gasteiger charge is -2.46. The van der Waals surface area contributed by atoms with Crippen LogP contribution in [-0.2, 0) is 12.8 Å². The molecule has 0 saturated carbocycles. The minimum Gasteiger partial charge on any atom is -0.508 e. The van der Waals surface area contributed by atoms with Gasteiger partial charge in [0, 0.05) is 5.54 Å². The molecule has 1 aliphatic heterocycles. The van der Waals surface area contributed by atoms with Crippen LogP contribution >= 0.6 is 0 Å². The number of phenols is 2. The van der Waals surface area contributed by atoms with E-state index >= 15 is 0 Å². The summed E-state index contributed by atoms with van der Waals surface area (Å²) < 4.78 is 0. The molecule has 3 heteroatoms. The third-order valence-electron chi connectivity index (χ3n) is 5.08. The fraction of sp³-hybridized carbons (Fsp3) is 0.400. The molecule has 2 aromatic rings. The Morgan fingerprint density at radius 3 is 1.96 bits per heavy atom. The summed E-state index contributed by atoms with van der Waals surface area (Å²) in [7, 11) is 2.20. The van der Waals surface area contributed by atoms with E-state index in [9.17, 15) is 10.2 Å². The van der Waals surface area contributed by atoms with Crippen LogP contribution in [0.1, 0.15) is 30.4 Å². The van der Waals surface area contributed by atoms with Gasteiger partial charge in [-0.3, -0.25) is 0 Å². The summed E-state index contributed by atoms with van der Waals surface area (Å²) in [6, 6.07) is 15.2. The van der Waals surface area contributed by atoms with E-state index in [4.69, 9.17) is 0 Å². The van der Waals surface area contributed by atoms with Gasteiger partial charge in [-0.05, 0) is 74.7 Å². The molecule has 1 fully saturated rings. The van der Waals surface area contributed by atoms with Crippen LogP contribution in [0.2, 0.25) is 0 Å². The highest BCUT2D eigenvalue weighted by molar-refractivity contribution is 5.32. The lowest BCUT2D eigenvalue weighted by Crippen LogP contribution is -2.52. The first-order valence-electron chi connectivity index (χ1n) is 8.34. The van der Waals surface area contributed by atoms with Crippen molar-refractivity contribution < 1.29 is 10.2 Å². The standard InChI is InChI=1S/C20H25NO2/c1-21-11-3-2-10-20(21,14-16-6-4-8-18(22)12-16)15-17-7-5-9-19(23)13-17/h4-9,12-13,22-23H,2-3,10-11,14-15H2,1H3. The monoisotopic (exact) mass is 311 g/mol. The van der Waals surface area contributed by atoms with Gasteiger partial charge in [-0.1, -0.05) is 30.7 Å². The van der Waals surface area contributed by atoms with Crippen molar-refractivity contribution in [2.45, 2.75) is 37.6 Å². The normalized spacial score (nSPS) is 18.0. The van der Waals surface area contributed by atoms with Gasteiger partial charge in [-0.25, -0.2) is 0 Å². The average Bonchev–Trinajstić information content (AvgIpc) is 2.50. The quantitative estimate of drug-likeness (QED) is 0.904. The van der Waals surface area contributed by atoms with Crippen LogP contribution in [0.3, 0.4) is 0 Å². The second-order valence-corrected chi connectivity index (χ2v) is 6.80. The first kappa shape index (κ1) is 15.9. The van der Waals surface area contributed by atoms with Crippen LogP contribution < -0.4 is 0 Å². The summed E-state index contributed by atoms with van der Waals surface area (Å²) in [4.78, 5) is 2.46. The zero-order chi connectivity index (χ0) is 16.3. The highest BCUT2D eigenvalue weighted by Gasteiger charge is 2.36. The third-order valence-corrected chi connectivity index (χ3v) is 5.08. The summed E-state index contributed by atoms with van der Waals surface area (Å²) in [5.41, 5.74) is 2.37. The molecule has 2 N–H and O–H groups in total. The molecule has 1 aliphatic rings. The van der Waals surface area contributed by atoms with Crippen molar-refractivity contribution in [1.82, 2.24) is 4.90 Å². The first-order chi connectivity index (χ1) is 11.1. The molecule has 2 aromatic carbocycles. The summed E-state index contributed by atoms with van der Waals surface area (Å²) in [5.74, 6) is 0.655. The lowest BCUT2D eigenvalue weighted by molar-refractivity contribution is 0.0726. The van der Waals surface area contributed by atoms with E-state index in [1.807, 2.05) is 24.3 Å². The fourth-order valence-corrected chi connectivity index (χ4v) is 3.83. The van der Waals surface area contributed by atoms with Crippen molar-refractivity contribution in [3.05, 3.63) is 59.7 Å². The largest absolute Gasteiger partial charge is 0.508 e. The summed E-state index contributed by atoms with van der Waals surface area (Å²) >= 11 is 0. The molecular weight excluding hydrogens is 286 g/mol. The van der Waals surface area contributed by atoms with E-state index < -0.39 is 0 Å². The number of aromatic hydroxyl groups is 2. The number of likely N-dealkylation sites (N-methyl/N-ethyl adjacent to an activating group) is 1. The Morgan fingerprint density at radius 2 is 1.48 bits per heavy atom. The second kappa shape index (κ2) is 6.63. The van der Waals surface area contributed by atoms with Gasteiger partial charge >= 0.3 is 0 Å². The molecule has 3 rings (SSSR count). The maximum atomic E-state index is 9.77. The van der Waals surface area contributed by atoms with E-state index in [1.165, 1.54) is 24.0 Å². The SMILES string of the molecule is CN1CCCCC1(Cc1cccc(O)c1)Cc1cccc(O)c1. The van der Waals surface area contributed by atoms with Gasteiger partial charge in [0.15, 0.2) is 0 Å². The topological polar surface area (TPSA) is 43.7 Å². The molecule has 0 radical (unpaired) electrons. The van der Waals surface area contributed by atoms with Gasteiger partial charge < -0.3 is 15.1 Å². The molecular formula is C20H25NO2. The van der Waals surface area contributed by atoms with Gasteiger partial charge in [0.25, 0.3) is 0 Å². The Hall–Kier alpha value is -2.00. The molecule has 23 heavy (non-hydrogen) atoms. The maximum Gasteiger partial charge on any atom is 0.115 e. The van der Waals surface area contributed by atoms with Crippen molar-refractivity contribution in [2.24, 2.45) is 0 Å². The molecule has 1 saturated heterocycles. The highest BCUT2D eigenvalue weighted by Crippen LogP contribution is 2.34. The van der Waals surface area contributed by atoms with Crippen LogP contribution in [0.5, 0.6) is 11.5 Å². The molecule has 3 nitrogen and oxygen atoms in total. The fourth-order valence-electron chi connectivity index (χ4n) is 3.83. The maximum absolute atomic E-state index is 9.77. The number of piperidine rings is 1. The summed E-state index contributed by atoms with van der Waals surface area (Å²) in [6.45, 7) is 1.09. The number of likely N-dealkylation sites (tertiary alicyclic amines) is 1.